The van der Waals surface area contributed by atoms with Gasteiger partial charge < -0.3 is 9.73 Å². The van der Waals surface area contributed by atoms with Gasteiger partial charge in [0.15, 0.2) is 0 Å². The molecule has 2 rings (SSSR count). The van der Waals surface area contributed by atoms with E-state index in [0.29, 0.717) is 17.8 Å². The lowest BCUT2D eigenvalue weighted by molar-refractivity contribution is 0.483. The molecule has 0 unspecified atom stereocenters. The fourth-order valence-electron chi connectivity index (χ4n) is 1.47. The Bertz CT molecular complexity index is 434. The summed E-state index contributed by atoms with van der Waals surface area (Å²) in [5, 5.41) is 17.9. The maximum Gasteiger partial charge on any atom is 0.265 e. The molecule has 2 aromatic rings. The van der Waals surface area contributed by atoms with Crippen molar-refractivity contribution in [3.63, 3.8) is 0 Å². The second-order valence-electron chi connectivity index (χ2n) is 4.18. The Morgan fingerprint density at radius 2 is 2.29 bits per heavy atom. The van der Waals surface area contributed by atoms with Crippen LogP contribution in [0.3, 0.4) is 0 Å². The molecule has 0 spiro atoms. The van der Waals surface area contributed by atoms with Crippen molar-refractivity contribution in [2.24, 2.45) is 0 Å². The highest BCUT2D eigenvalue weighted by molar-refractivity contribution is 5.44. The Labute approximate surface area is 99.8 Å². The first-order valence-corrected chi connectivity index (χ1v) is 5.81. The fraction of sp³-hybridized carbons (Fsp3) is 0.545. The van der Waals surface area contributed by atoms with E-state index < -0.39 is 0 Å². The number of rotatable bonds is 6. The van der Waals surface area contributed by atoms with Gasteiger partial charge in [-0.1, -0.05) is 13.8 Å². The molecule has 0 aliphatic rings. The molecule has 0 aliphatic heterocycles. The molecule has 0 radical (unpaired) electrons. The van der Waals surface area contributed by atoms with Gasteiger partial charge in [0.1, 0.15) is 5.69 Å². The zero-order valence-electron chi connectivity index (χ0n) is 10.1. The van der Waals surface area contributed by atoms with Crippen LogP contribution in [0.4, 0.5) is 0 Å². The van der Waals surface area contributed by atoms with Gasteiger partial charge >= 0.3 is 0 Å². The minimum atomic E-state index is 0.495. The fourth-order valence-corrected chi connectivity index (χ4v) is 1.47. The molecular formula is C11H17N5O. The van der Waals surface area contributed by atoms with Crippen LogP contribution in [0.15, 0.2) is 16.7 Å². The minimum Gasteiger partial charge on any atom is -0.419 e. The number of hydrogen-bond acceptors (Lipinski definition) is 5. The molecule has 17 heavy (non-hydrogen) atoms. The second kappa shape index (κ2) is 5.58. The summed E-state index contributed by atoms with van der Waals surface area (Å²) >= 11 is 0. The van der Waals surface area contributed by atoms with Crippen molar-refractivity contribution in [3.8, 4) is 11.6 Å². The van der Waals surface area contributed by atoms with Crippen LogP contribution in [0, 0.1) is 0 Å². The summed E-state index contributed by atoms with van der Waals surface area (Å²) in [4.78, 5) is 0. The van der Waals surface area contributed by atoms with Crippen LogP contribution in [-0.2, 0) is 6.42 Å². The molecule has 6 heteroatoms. The average Bonchev–Trinajstić information content (AvgIpc) is 2.94. The summed E-state index contributed by atoms with van der Waals surface area (Å²) in [6, 6.07) is 2.32. The maximum atomic E-state index is 5.51. The molecule has 2 N–H and O–H groups in total. The molecule has 0 saturated heterocycles. The van der Waals surface area contributed by atoms with Crippen molar-refractivity contribution >= 4 is 0 Å². The normalized spacial score (nSPS) is 11.2. The summed E-state index contributed by atoms with van der Waals surface area (Å²) in [5.74, 6) is 1.16. The number of aromatic amines is 1. The number of nitrogens with zero attached hydrogens (tertiary/aromatic N) is 3. The molecule has 0 saturated carbocycles. The highest BCUT2D eigenvalue weighted by Gasteiger charge is 2.08. The van der Waals surface area contributed by atoms with Crippen LogP contribution in [0.1, 0.15) is 26.2 Å². The van der Waals surface area contributed by atoms with Crippen LogP contribution < -0.4 is 5.32 Å². The smallest absolute Gasteiger partial charge is 0.265 e. The SMILES string of the molecule is CC(C)NCCCc1nnc(-c2ccn[nH]2)o1. The van der Waals surface area contributed by atoms with Gasteiger partial charge in [-0.2, -0.15) is 5.10 Å². The van der Waals surface area contributed by atoms with Crippen molar-refractivity contribution in [3.05, 3.63) is 18.2 Å². The van der Waals surface area contributed by atoms with Gasteiger partial charge in [-0.15, -0.1) is 10.2 Å². The molecule has 0 aliphatic carbocycles. The first-order valence-electron chi connectivity index (χ1n) is 5.81. The quantitative estimate of drug-likeness (QED) is 0.740. The summed E-state index contributed by atoms with van der Waals surface area (Å²) < 4.78 is 5.51. The van der Waals surface area contributed by atoms with Crippen molar-refractivity contribution < 1.29 is 4.42 Å². The van der Waals surface area contributed by atoms with Crippen molar-refractivity contribution in [2.75, 3.05) is 6.54 Å². The lowest BCUT2D eigenvalue weighted by Crippen LogP contribution is -2.23. The number of aromatic nitrogens is 4. The summed E-state index contributed by atoms with van der Waals surface area (Å²) in [6.07, 6.45) is 3.44. The van der Waals surface area contributed by atoms with E-state index in [1.807, 2.05) is 0 Å². The Hall–Kier alpha value is -1.69. The van der Waals surface area contributed by atoms with Gasteiger partial charge in [-0.3, -0.25) is 5.10 Å². The largest absolute Gasteiger partial charge is 0.419 e. The monoisotopic (exact) mass is 235 g/mol. The lowest BCUT2D eigenvalue weighted by atomic mass is 10.3. The Morgan fingerprint density at radius 3 is 3.00 bits per heavy atom. The Morgan fingerprint density at radius 1 is 1.41 bits per heavy atom. The zero-order valence-corrected chi connectivity index (χ0v) is 10.1. The second-order valence-corrected chi connectivity index (χ2v) is 4.18. The van der Waals surface area contributed by atoms with Crippen molar-refractivity contribution in [1.82, 2.24) is 25.7 Å². The van der Waals surface area contributed by atoms with Gasteiger partial charge in [0.2, 0.25) is 5.89 Å². The number of H-pyrrole nitrogens is 1. The Balaban J connectivity index is 1.83. The average molecular weight is 235 g/mol. The highest BCUT2D eigenvalue weighted by Crippen LogP contribution is 2.14. The first kappa shape index (κ1) is 11.8. The topological polar surface area (TPSA) is 79.6 Å². The van der Waals surface area contributed by atoms with Crippen LogP contribution in [-0.4, -0.2) is 33.0 Å². The number of hydrogen-bond donors (Lipinski definition) is 2. The first-order chi connectivity index (χ1) is 8.25. The summed E-state index contributed by atoms with van der Waals surface area (Å²) in [5.41, 5.74) is 0.754. The molecule has 2 heterocycles. The molecule has 92 valence electrons. The van der Waals surface area contributed by atoms with E-state index >= 15 is 0 Å². The van der Waals surface area contributed by atoms with Crippen molar-refractivity contribution in [1.29, 1.82) is 0 Å². The van der Waals surface area contributed by atoms with E-state index in [1.54, 1.807) is 12.3 Å². The van der Waals surface area contributed by atoms with E-state index in [0.717, 1.165) is 25.1 Å². The van der Waals surface area contributed by atoms with Crippen molar-refractivity contribution in [2.45, 2.75) is 32.7 Å². The predicted molar refractivity (Wildman–Crippen MR) is 63.3 cm³/mol. The van der Waals surface area contributed by atoms with Crippen LogP contribution in [0.25, 0.3) is 11.6 Å². The molecule has 0 fully saturated rings. The van der Waals surface area contributed by atoms with Crippen LogP contribution in [0.5, 0.6) is 0 Å². The van der Waals surface area contributed by atoms with Gasteiger partial charge in [0.25, 0.3) is 5.89 Å². The number of nitrogens with one attached hydrogen (secondary N) is 2. The molecular weight excluding hydrogens is 218 g/mol. The van der Waals surface area contributed by atoms with Crippen LogP contribution in [0.2, 0.25) is 0 Å². The van der Waals surface area contributed by atoms with Gasteiger partial charge in [-0.05, 0) is 19.0 Å². The molecule has 0 atom stereocenters. The van der Waals surface area contributed by atoms with E-state index in [2.05, 4.69) is 39.6 Å². The summed E-state index contributed by atoms with van der Waals surface area (Å²) in [6.45, 7) is 5.21. The van der Waals surface area contributed by atoms with Gasteiger partial charge in [-0.25, -0.2) is 0 Å². The molecule has 6 nitrogen and oxygen atoms in total. The standard InChI is InChI=1S/C11H17N5O/c1-8(2)12-6-3-4-10-15-16-11(17-10)9-5-7-13-14-9/h5,7-8,12H,3-4,6H2,1-2H3,(H,13,14). The maximum absolute atomic E-state index is 5.51. The van der Waals surface area contributed by atoms with Gasteiger partial charge in [0.05, 0.1) is 0 Å². The van der Waals surface area contributed by atoms with E-state index in [9.17, 15) is 0 Å². The zero-order chi connectivity index (χ0) is 12.1. The molecule has 0 bridgehead atoms. The third-order valence-corrected chi connectivity index (χ3v) is 2.32. The minimum absolute atomic E-state index is 0.495. The van der Waals surface area contributed by atoms with E-state index in [4.69, 9.17) is 4.42 Å². The predicted octanol–water partition coefficient (Wildman–Crippen LogP) is 1.39. The summed E-state index contributed by atoms with van der Waals surface area (Å²) in [7, 11) is 0. The van der Waals surface area contributed by atoms with Gasteiger partial charge in [0, 0.05) is 18.7 Å². The Kier molecular flexibility index (Phi) is 3.87. The third kappa shape index (κ3) is 3.39. The van der Waals surface area contributed by atoms with Crippen LogP contribution >= 0.6 is 0 Å². The highest BCUT2D eigenvalue weighted by atomic mass is 16.4. The number of aryl methyl sites for hydroxylation is 1. The van der Waals surface area contributed by atoms with E-state index in [1.165, 1.54) is 0 Å². The van der Waals surface area contributed by atoms with E-state index in [-0.39, 0.29) is 0 Å². The molecule has 2 aromatic heterocycles. The molecule has 0 amide bonds. The lowest BCUT2D eigenvalue weighted by Gasteiger charge is -2.05. The third-order valence-electron chi connectivity index (χ3n) is 2.32. The molecule has 0 aromatic carbocycles.